The van der Waals surface area contributed by atoms with Crippen LogP contribution in [0.2, 0.25) is 0 Å². The zero-order chi connectivity index (χ0) is 13.9. The highest BCUT2D eigenvalue weighted by atomic mass is 35.5. The van der Waals surface area contributed by atoms with E-state index in [4.69, 9.17) is 5.11 Å². The summed E-state index contributed by atoms with van der Waals surface area (Å²) >= 11 is 0. The molecule has 0 aromatic carbocycles. The number of rotatable bonds is 4. The van der Waals surface area contributed by atoms with E-state index in [0.29, 0.717) is 18.0 Å². The van der Waals surface area contributed by atoms with Crippen molar-refractivity contribution in [3.8, 4) is 11.4 Å². The Morgan fingerprint density at radius 2 is 2.10 bits per heavy atom. The van der Waals surface area contributed by atoms with Crippen molar-refractivity contribution in [2.75, 3.05) is 0 Å². The van der Waals surface area contributed by atoms with Crippen molar-refractivity contribution in [1.29, 1.82) is 0 Å². The third kappa shape index (κ3) is 3.32. The molecular weight excluding hydrogens is 294 g/mol. The molecule has 0 aliphatic carbocycles. The second-order valence-electron chi connectivity index (χ2n) is 4.28. The van der Waals surface area contributed by atoms with Crippen LogP contribution in [-0.2, 0) is 11.3 Å². The molecule has 108 valence electrons. The van der Waals surface area contributed by atoms with Gasteiger partial charge in [0.2, 0.25) is 0 Å². The van der Waals surface area contributed by atoms with Gasteiger partial charge in [0, 0.05) is 30.1 Å². The van der Waals surface area contributed by atoms with Crippen LogP contribution < -0.4 is 17.0 Å². The number of halogens is 1. The van der Waals surface area contributed by atoms with Gasteiger partial charge in [-0.25, -0.2) is 14.1 Å². The Hall–Kier alpha value is -2.54. The lowest BCUT2D eigenvalue weighted by molar-refractivity contribution is -0.695. The number of nitrogens with zero attached hydrogens (tertiary/aromatic N) is 5. The predicted octanol–water partition coefficient (Wildman–Crippen LogP) is -2.44. The highest BCUT2D eigenvalue weighted by Gasteiger charge is 2.09. The SMILES string of the molecule is O=C(O)CC[n+]1ccc(-c2nc3cnccn3n2)cc1.[Cl-]. The summed E-state index contributed by atoms with van der Waals surface area (Å²) in [6.07, 6.45) is 8.78. The molecule has 21 heavy (non-hydrogen) atoms. The summed E-state index contributed by atoms with van der Waals surface area (Å²) in [5.41, 5.74) is 1.56. The molecule has 0 radical (unpaired) electrons. The molecule has 0 fully saturated rings. The molecule has 0 amide bonds. The molecule has 3 aromatic heterocycles. The van der Waals surface area contributed by atoms with E-state index in [-0.39, 0.29) is 18.8 Å². The number of pyridine rings is 1. The molecule has 0 atom stereocenters. The number of aromatic nitrogens is 5. The number of fused-ring (bicyclic) bond motifs is 1. The van der Waals surface area contributed by atoms with Crippen LogP contribution in [-0.4, -0.2) is 30.7 Å². The molecule has 0 unspecified atom stereocenters. The molecule has 0 aliphatic heterocycles. The van der Waals surface area contributed by atoms with Gasteiger partial charge >= 0.3 is 5.97 Å². The van der Waals surface area contributed by atoms with Crippen LogP contribution in [0, 0.1) is 0 Å². The van der Waals surface area contributed by atoms with Gasteiger partial charge < -0.3 is 17.5 Å². The topological polar surface area (TPSA) is 84.3 Å². The van der Waals surface area contributed by atoms with Crippen molar-refractivity contribution in [2.24, 2.45) is 0 Å². The summed E-state index contributed by atoms with van der Waals surface area (Å²) in [6.45, 7) is 0.443. The first-order chi connectivity index (χ1) is 9.72. The van der Waals surface area contributed by atoms with Crippen LogP contribution in [0.3, 0.4) is 0 Å². The lowest BCUT2D eigenvalue weighted by Crippen LogP contribution is -3.00. The van der Waals surface area contributed by atoms with Crippen molar-refractivity contribution in [3.05, 3.63) is 43.1 Å². The van der Waals surface area contributed by atoms with Gasteiger partial charge in [0.25, 0.3) is 0 Å². The van der Waals surface area contributed by atoms with Gasteiger partial charge in [-0.15, -0.1) is 5.10 Å². The molecule has 0 aliphatic rings. The van der Waals surface area contributed by atoms with Crippen molar-refractivity contribution in [3.63, 3.8) is 0 Å². The summed E-state index contributed by atoms with van der Waals surface area (Å²) in [6, 6.07) is 3.73. The average Bonchev–Trinajstić information content (AvgIpc) is 2.89. The molecule has 0 bridgehead atoms. The summed E-state index contributed by atoms with van der Waals surface area (Å²) in [5, 5.41) is 13.0. The lowest BCUT2D eigenvalue weighted by Gasteiger charge is -1.95. The van der Waals surface area contributed by atoms with Crippen LogP contribution in [0.25, 0.3) is 17.0 Å². The Labute approximate surface area is 126 Å². The largest absolute Gasteiger partial charge is 1.00 e. The Balaban J connectivity index is 0.00000161. The molecule has 8 heteroatoms. The fourth-order valence-corrected chi connectivity index (χ4v) is 1.85. The Morgan fingerprint density at radius 1 is 1.33 bits per heavy atom. The number of hydrogen-bond acceptors (Lipinski definition) is 4. The van der Waals surface area contributed by atoms with Crippen LogP contribution in [0.15, 0.2) is 43.1 Å². The van der Waals surface area contributed by atoms with E-state index in [1.807, 2.05) is 29.1 Å². The molecule has 0 spiro atoms. The van der Waals surface area contributed by atoms with Crippen LogP contribution in [0.5, 0.6) is 0 Å². The first-order valence-electron chi connectivity index (χ1n) is 6.10. The van der Waals surface area contributed by atoms with E-state index in [2.05, 4.69) is 15.1 Å². The van der Waals surface area contributed by atoms with Gasteiger partial charge in [0.15, 0.2) is 30.4 Å². The summed E-state index contributed by atoms with van der Waals surface area (Å²) in [7, 11) is 0. The molecule has 3 aromatic rings. The van der Waals surface area contributed by atoms with Crippen molar-refractivity contribution in [2.45, 2.75) is 13.0 Å². The summed E-state index contributed by atoms with van der Waals surface area (Å²) in [5.74, 6) is -0.195. The monoisotopic (exact) mass is 305 g/mol. The second kappa shape index (κ2) is 6.27. The zero-order valence-electron chi connectivity index (χ0n) is 10.9. The first kappa shape index (κ1) is 14.9. The van der Waals surface area contributed by atoms with E-state index in [9.17, 15) is 4.79 Å². The first-order valence-corrected chi connectivity index (χ1v) is 6.10. The van der Waals surface area contributed by atoms with Crippen LogP contribution in [0.1, 0.15) is 6.42 Å². The van der Waals surface area contributed by atoms with E-state index >= 15 is 0 Å². The quantitative estimate of drug-likeness (QED) is 0.541. The van der Waals surface area contributed by atoms with Gasteiger partial charge in [-0.2, -0.15) is 0 Å². The molecule has 0 saturated carbocycles. The van der Waals surface area contributed by atoms with Crippen LogP contribution >= 0.6 is 0 Å². The number of carboxylic acids is 1. The Morgan fingerprint density at radius 3 is 2.76 bits per heavy atom. The number of carbonyl (C=O) groups is 1. The fourth-order valence-electron chi connectivity index (χ4n) is 1.85. The van der Waals surface area contributed by atoms with Gasteiger partial charge in [-0.05, 0) is 0 Å². The van der Waals surface area contributed by atoms with E-state index in [0.717, 1.165) is 5.56 Å². The third-order valence-corrected chi connectivity index (χ3v) is 2.87. The number of aliphatic carboxylic acids is 1. The maximum Gasteiger partial charge on any atom is 0.309 e. The molecule has 1 N–H and O–H groups in total. The third-order valence-electron chi connectivity index (χ3n) is 2.87. The van der Waals surface area contributed by atoms with E-state index in [1.165, 1.54) is 0 Å². The van der Waals surface area contributed by atoms with Gasteiger partial charge in [-0.3, -0.25) is 9.78 Å². The molecule has 3 rings (SSSR count). The van der Waals surface area contributed by atoms with Gasteiger partial charge in [0.1, 0.15) is 6.42 Å². The molecule has 3 heterocycles. The lowest BCUT2D eigenvalue weighted by atomic mass is 10.2. The Bertz CT molecular complexity index is 724. The zero-order valence-corrected chi connectivity index (χ0v) is 11.7. The minimum absolute atomic E-state index is 0. The summed E-state index contributed by atoms with van der Waals surface area (Å²) < 4.78 is 3.47. The minimum atomic E-state index is -0.809. The maximum absolute atomic E-state index is 10.5. The van der Waals surface area contributed by atoms with Gasteiger partial charge in [-0.1, -0.05) is 0 Å². The van der Waals surface area contributed by atoms with E-state index in [1.54, 1.807) is 23.1 Å². The Kier molecular flexibility index (Phi) is 4.44. The highest BCUT2D eigenvalue weighted by molar-refractivity contribution is 5.66. The molecule has 0 saturated heterocycles. The minimum Gasteiger partial charge on any atom is -1.00 e. The number of hydrogen-bond donors (Lipinski definition) is 1. The van der Waals surface area contributed by atoms with Crippen LogP contribution in [0.4, 0.5) is 0 Å². The smallest absolute Gasteiger partial charge is 0.309 e. The highest BCUT2D eigenvalue weighted by Crippen LogP contribution is 2.13. The van der Waals surface area contributed by atoms with Crippen molar-refractivity contribution >= 4 is 11.6 Å². The van der Waals surface area contributed by atoms with Crippen molar-refractivity contribution in [1.82, 2.24) is 19.6 Å². The second-order valence-corrected chi connectivity index (χ2v) is 4.28. The van der Waals surface area contributed by atoms with Crippen molar-refractivity contribution < 1.29 is 26.9 Å². The number of aryl methyl sites for hydroxylation is 1. The maximum atomic E-state index is 10.5. The summed E-state index contributed by atoms with van der Waals surface area (Å²) in [4.78, 5) is 18.9. The predicted molar refractivity (Wildman–Crippen MR) is 68.7 cm³/mol. The van der Waals surface area contributed by atoms with Gasteiger partial charge in [0.05, 0.1) is 6.20 Å². The average molecular weight is 306 g/mol. The molecule has 7 nitrogen and oxygen atoms in total. The van der Waals surface area contributed by atoms with E-state index < -0.39 is 5.97 Å². The molecular formula is C13H12ClN5O2. The standard InChI is InChI=1S/C13H11N5O2.ClH/c19-12(20)3-7-17-5-1-10(2-6-17)13-15-11-9-14-4-8-18(11)16-13;/h1-2,4-6,8-9H,3,7H2;1H. The fraction of sp³-hybridized carbons (Fsp3) is 0.154. The number of carboxylic acid groups (broad SMARTS) is 1. The normalized spacial score (nSPS) is 10.3.